The SMILES string of the molecule is O=[N+]([O-])c1cc(Br)ccc1OSCc1ccccc1. The van der Waals surface area contributed by atoms with Gasteiger partial charge in [-0.05, 0) is 17.7 Å². The molecule has 0 radical (unpaired) electrons. The highest BCUT2D eigenvalue weighted by atomic mass is 79.9. The molecule has 0 fully saturated rings. The summed E-state index contributed by atoms with van der Waals surface area (Å²) in [7, 11) is 0. The molecule has 98 valence electrons. The van der Waals surface area contributed by atoms with Crippen molar-refractivity contribution in [1.82, 2.24) is 0 Å². The van der Waals surface area contributed by atoms with E-state index in [0.717, 1.165) is 5.56 Å². The molecule has 0 aliphatic carbocycles. The van der Waals surface area contributed by atoms with Crippen LogP contribution in [0.3, 0.4) is 0 Å². The molecule has 0 unspecified atom stereocenters. The number of nitro benzene ring substituents is 1. The maximum absolute atomic E-state index is 10.9. The second-order valence-corrected chi connectivity index (χ2v) is 5.31. The predicted octanol–water partition coefficient (Wildman–Crippen LogP) is 4.58. The Morgan fingerprint density at radius 2 is 1.95 bits per heavy atom. The summed E-state index contributed by atoms with van der Waals surface area (Å²) in [5.74, 6) is 0.891. The van der Waals surface area contributed by atoms with Crippen molar-refractivity contribution in [1.29, 1.82) is 0 Å². The van der Waals surface area contributed by atoms with Gasteiger partial charge in [-0.2, -0.15) is 0 Å². The van der Waals surface area contributed by atoms with Gasteiger partial charge in [0.2, 0.25) is 5.75 Å². The summed E-state index contributed by atoms with van der Waals surface area (Å²) < 4.78 is 6.06. The number of nitro groups is 1. The van der Waals surface area contributed by atoms with Gasteiger partial charge in [-0.15, -0.1) is 0 Å². The van der Waals surface area contributed by atoms with E-state index in [0.29, 0.717) is 10.2 Å². The summed E-state index contributed by atoms with van der Waals surface area (Å²) in [6, 6.07) is 14.5. The first-order valence-electron chi connectivity index (χ1n) is 5.44. The molecule has 6 heteroatoms. The van der Waals surface area contributed by atoms with Crippen LogP contribution in [0.5, 0.6) is 5.75 Å². The van der Waals surface area contributed by atoms with Gasteiger partial charge in [-0.25, -0.2) is 0 Å². The minimum Gasteiger partial charge on any atom is -0.418 e. The summed E-state index contributed by atoms with van der Waals surface area (Å²) in [5.41, 5.74) is 1.06. The maximum Gasteiger partial charge on any atom is 0.313 e. The van der Waals surface area contributed by atoms with Crippen LogP contribution in [0, 0.1) is 10.1 Å². The third-order valence-corrected chi connectivity index (χ3v) is 3.58. The van der Waals surface area contributed by atoms with Gasteiger partial charge >= 0.3 is 5.69 Å². The minimum absolute atomic E-state index is 0.0464. The first-order valence-corrected chi connectivity index (χ1v) is 7.14. The average Bonchev–Trinajstić information content (AvgIpc) is 2.41. The average molecular weight is 340 g/mol. The Hall–Kier alpha value is -1.53. The lowest BCUT2D eigenvalue weighted by Gasteiger charge is -2.05. The van der Waals surface area contributed by atoms with Crippen molar-refractivity contribution in [2.45, 2.75) is 5.75 Å². The summed E-state index contributed by atoms with van der Waals surface area (Å²) >= 11 is 4.38. The van der Waals surface area contributed by atoms with E-state index >= 15 is 0 Å². The highest BCUT2D eigenvalue weighted by Gasteiger charge is 2.16. The Bertz CT molecular complexity index is 577. The van der Waals surface area contributed by atoms with Crippen molar-refractivity contribution in [2.24, 2.45) is 0 Å². The summed E-state index contributed by atoms with van der Waals surface area (Å²) in [6.45, 7) is 0. The molecule has 2 rings (SSSR count). The lowest BCUT2D eigenvalue weighted by Crippen LogP contribution is -1.93. The minimum atomic E-state index is -0.455. The second-order valence-electron chi connectivity index (χ2n) is 3.70. The number of benzene rings is 2. The molecule has 0 atom stereocenters. The predicted molar refractivity (Wildman–Crippen MR) is 79.2 cm³/mol. The zero-order chi connectivity index (χ0) is 13.7. The monoisotopic (exact) mass is 339 g/mol. The number of rotatable bonds is 5. The molecule has 0 aromatic heterocycles. The van der Waals surface area contributed by atoms with Gasteiger partial charge in [0.25, 0.3) is 0 Å². The molecule has 0 heterocycles. The Morgan fingerprint density at radius 3 is 2.63 bits per heavy atom. The molecule has 2 aromatic carbocycles. The van der Waals surface area contributed by atoms with Gasteiger partial charge in [0, 0.05) is 10.5 Å². The van der Waals surface area contributed by atoms with E-state index in [4.69, 9.17) is 4.18 Å². The summed E-state index contributed by atoms with van der Waals surface area (Å²) in [6.07, 6.45) is 0. The highest BCUT2D eigenvalue weighted by molar-refractivity contribution is 9.10. The second kappa shape index (κ2) is 6.58. The van der Waals surface area contributed by atoms with Crippen LogP contribution in [0.1, 0.15) is 5.56 Å². The molecular formula is C13H10BrNO3S. The van der Waals surface area contributed by atoms with Gasteiger partial charge in [-0.1, -0.05) is 46.3 Å². The standard InChI is InChI=1S/C13H10BrNO3S/c14-11-6-7-13(12(8-11)15(16)17)18-19-9-10-4-2-1-3-5-10/h1-8H,9H2. The van der Waals surface area contributed by atoms with Crippen molar-refractivity contribution < 1.29 is 9.11 Å². The maximum atomic E-state index is 10.9. The lowest BCUT2D eigenvalue weighted by atomic mass is 10.2. The van der Waals surface area contributed by atoms with Crippen molar-refractivity contribution in [2.75, 3.05) is 0 Å². The Labute approximate surface area is 123 Å². The van der Waals surface area contributed by atoms with Crippen LogP contribution in [0.4, 0.5) is 5.69 Å². The van der Waals surface area contributed by atoms with Gasteiger partial charge < -0.3 is 4.18 Å². The first kappa shape index (κ1) is 13.9. The third kappa shape index (κ3) is 3.97. The Balaban J connectivity index is 2.02. The number of halogens is 1. The molecule has 0 saturated carbocycles. The molecule has 0 amide bonds. The van der Waals surface area contributed by atoms with Crippen molar-refractivity contribution in [3.8, 4) is 5.75 Å². The largest absolute Gasteiger partial charge is 0.418 e. The van der Waals surface area contributed by atoms with Gasteiger partial charge in [0.1, 0.15) is 0 Å². The van der Waals surface area contributed by atoms with E-state index < -0.39 is 4.92 Å². The van der Waals surface area contributed by atoms with Crippen molar-refractivity contribution >= 4 is 33.7 Å². The first-order chi connectivity index (χ1) is 9.16. The number of hydrogen-bond acceptors (Lipinski definition) is 4. The van der Waals surface area contributed by atoms with Crippen LogP contribution in [0.25, 0.3) is 0 Å². The molecule has 2 aromatic rings. The summed E-state index contributed by atoms with van der Waals surface area (Å²) in [5, 5.41) is 10.9. The van der Waals surface area contributed by atoms with E-state index in [-0.39, 0.29) is 11.4 Å². The fourth-order valence-corrected chi connectivity index (χ4v) is 2.44. The van der Waals surface area contributed by atoms with Crippen molar-refractivity contribution in [3.05, 3.63) is 68.7 Å². The normalized spacial score (nSPS) is 10.2. The van der Waals surface area contributed by atoms with E-state index in [2.05, 4.69) is 15.9 Å². The van der Waals surface area contributed by atoms with Gasteiger partial charge in [-0.3, -0.25) is 10.1 Å². The Kier molecular flexibility index (Phi) is 4.81. The zero-order valence-corrected chi connectivity index (χ0v) is 12.2. The van der Waals surface area contributed by atoms with E-state index in [9.17, 15) is 10.1 Å². The van der Waals surface area contributed by atoms with Crippen LogP contribution < -0.4 is 4.18 Å². The quantitative estimate of drug-likeness (QED) is 0.454. The fourth-order valence-electron chi connectivity index (χ4n) is 1.44. The molecule has 0 aliphatic heterocycles. The van der Waals surface area contributed by atoms with Crippen LogP contribution in [0.15, 0.2) is 53.0 Å². The van der Waals surface area contributed by atoms with Crippen molar-refractivity contribution in [3.63, 3.8) is 0 Å². The molecule has 0 N–H and O–H groups in total. The van der Waals surface area contributed by atoms with Crippen LogP contribution in [-0.4, -0.2) is 4.92 Å². The van der Waals surface area contributed by atoms with Crippen LogP contribution in [-0.2, 0) is 5.75 Å². The highest BCUT2D eigenvalue weighted by Crippen LogP contribution is 2.32. The Morgan fingerprint density at radius 1 is 1.21 bits per heavy atom. The molecular weight excluding hydrogens is 330 g/mol. The lowest BCUT2D eigenvalue weighted by molar-refractivity contribution is -0.385. The summed E-state index contributed by atoms with van der Waals surface area (Å²) in [4.78, 5) is 10.4. The number of nitrogens with zero attached hydrogens (tertiary/aromatic N) is 1. The van der Waals surface area contributed by atoms with Crippen LogP contribution >= 0.6 is 28.0 Å². The molecule has 0 bridgehead atoms. The molecule has 0 aliphatic rings. The molecule has 0 saturated heterocycles. The van der Waals surface area contributed by atoms with E-state index in [1.807, 2.05) is 30.3 Å². The van der Waals surface area contributed by atoms with E-state index in [1.165, 1.54) is 18.1 Å². The van der Waals surface area contributed by atoms with Gasteiger partial charge in [0.05, 0.1) is 22.7 Å². The topological polar surface area (TPSA) is 52.4 Å². The fraction of sp³-hybridized carbons (Fsp3) is 0.0769. The smallest absolute Gasteiger partial charge is 0.313 e. The molecule has 19 heavy (non-hydrogen) atoms. The van der Waals surface area contributed by atoms with E-state index in [1.54, 1.807) is 12.1 Å². The van der Waals surface area contributed by atoms with Gasteiger partial charge in [0.15, 0.2) is 0 Å². The third-order valence-electron chi connectivity index (χ3n) is 2.33. The molecule has 4 nitrogen and oxygen atoms in total. The number of hydrogen-bond donors (Lipinski definition) is 0. The van der Waals surface area contributed by atoms with Crippen LogP contribution in [0.2, 0.25) is 0 Å². The molecule has 0 spiro atoms. The zero-order valence-electron chi connectivity index (χ0n) is 9.78.